The average Bonchev–Trinajstić information content (AvgIpc) is 2.95. The molecule has 26 heavy (non-hydrogen) atoms. The molecule has 0 atom stereocenters. The van der Waals surface area contributed by atoms with Gasteiger partial charge in [-0.1, -0.05) is 24.3 Å². The molecule has 0 saturated carbocycles. The van der Waals surface area contributed by atoms with Crippen LogP contribution in [0.5, 0.6) is 11.5 Å². The quantitative estimate of drug-likeness (QED) is 0.736. The fraction of sp³-hybridized carbons (Fsp3) is 0.190. The third-order valence-corrected chi connectivity index (χ3v) is 4.51. The molecule has 1 aromatic heterocycles. The zero-order chi connectivity index (χ0) is 18.8. The Morgan fingerprint density at radius 1 is 1.00 bits per heavy atom. The number of aromatic carboxylic acids is 1. The molecule has 0 aliphatic carbocycles. The Kier molecular flexibility index (Phi) is 4.71. The van der Waals surface area contributed by atoms with Gasteiger partial charge in [0.1, 0.15) is 11.5 Å². The van der Waals surface area contributed by atoms with Crippen molar-refractivity contribution in [2.24, 2.45) is 0 Å². The number of ether oxygens (including phenoxy) is 2. The van der Waals surface area contributed by atoms with Crippen molar-refractivity contribution >= 4 is 5.97 Å². The highest BCUT2D eigenvalue weighted by Gasteiger charge is 2.21. The number of carbonyl (C=O) groups is 1. The Morgan fingerprint density at radius 3 is 2.23 bits per heavy atom. The monoisotopic (exact) mass is 351 g/mol. The Balaban J connectivity index is 2.29. The topological polar surface area (TPSA) is 60.7 Å². The van der Waals surface area contributed by atoms with Crippen LogP contribution in [0.25, 0.3) is 16.8 Å². The van der Waals surface area contributed by atoms with Crippen LogP contribution in [0.4, 0.5) is 0 Å². The third kappa shape index (κ3) is 2.92. The fourth-order valence-corrected chi connectivity index (χ4v) is 3.24. The number of hydrogen-bond donors (Lipinski definition) is 1. The molecule has 5 nitrogen and oxygen atoms in total. The Labute approximate surface area is 152 Å². The van der Waals surface area contributed by atoms with E-state index < -0.39 is 5.97 Å². The molecule has 0 aliphatic heterocycles. The van der Waals surface area contributed by atoms with E-state index in [1.54, 1.807) is 27.2 Å². The zero-order valence-corrected chi connectivity index (χ0v) is 15.2. The lowest BCUT2D eigenvalue weighted by atomic mass is 10.0. The van der Waals surface area contributed by atoms with Crippen LogP contribution in [-0.4, -0.2) is 29.9 Å². The molecule has 0 unspecified atom stereocenters. The summed E-state index contributed by atoms with van der Waals surface area (Å²) in [6.07, 6.45) is 0. The number of methoxy groups -OCH3 is 2. The number of carboxylic acids is 1. The highest BCUT2D eigenvalue weighted by molar-refractivity contribution is 5.90. The van der Waals surface area contributed by atoms with Crippen molar-refractivity contribution in [1.82, 2.24) is 4.57 Å². The van der Waals surface area contributed by atoms with Crippen LogP contribution in [0.3, 0.4) is 0 Å². The number of rotatable bonds is 5. The number of carboxylic acid groups (broad SMARTS) is 1. The van der Waals surface area contributed by atoms with Crippen LogP contribution < -0.4 is 9.47 Å². The number of para-hydroxylation sites is 1. The van der Waals surface area contributed by atoms with Gasteiger partial charge in [0, 0.05) is 17.0 Å². The first kappa shape index (κ1) is 17.6. The van der Waals surface area contributed by atoms with Crippen molar-refractivity contribution in [2.45, 2.75) is 13.8 Å². The normalized spacial score (nSPS) is 10.6. The largest absolute Gasteiger partial charge is 0.497 e. The first-order valence-electron chi connectivity index (χ1n) is 8.22. The lowest BCUT2D eigenvalue weighted by molar-refractivity contribution is 0.0696. The van der Waals surface area contributed by atoms with Gasteiger partial charge in [0.25, 0.3) is 0 Å². The van der Waals surface area contributed by atoms with E-state index in [0.29, 0.717) is 11.4 Å². The number of aryl methyl sites for hydroxylation is 1. The number of nitrogens with zero attached hydrogens (tertiary/aromatic N) is 1. The molecule has 5 heteroatoms. The Morgan fingerprint density at radius 2 is 1.69 bits per heavy atom. The number of benzene rings is 2. The predicted molar refractivity (Wildman–Crippen MR) is 101 cm³/mol. The first-order chi connectivity index (χ1) is 12.5. The van der Waals surface area contributed by atoms with Gasteiger partial charge in [0.2, 0.25) is 0 Å². The minimum atomic E-state index is -0.940. The van der Waals surface area contributed by atoms with E-state index in [0.717, 1.165) is 28.3 Å². The molecule has 0 radical (unpaired) electrons. The molecular formula is C21H21NO4. The van der Waals surface area contributed by atoms with Gasteiger partial charge in [-0.05, 0) is 43.7 Å². The Bertz CT molecular complexity index is 955. The van der Waals surface area contributed by atoms with Gasteiger partial charge in [-0.15, -0.1) is 0 Å². The van der Waals surface area contributed by atoms with Crippen molar-refractivity contribution in [3.8, 4) is 28.3 Å². The van der Waals surface area contributed by atoms with E-state index in [4.69, 9.17) is 9.47 Å². The van der Waals surface area contributed by atoms with E-state index >= 15 is 0 Å². The van der Waals surface area contributed by atoms with Crippen LogP contribution in [0.2, 0.25) is 0 Å². The molecule has 0 aliphatic rings. The summed E-state index contributed by atoms with van der Waals surface area (Å²) in [5, 5.41) is 9.46. The maximum Gasteiger partial charge on any atom is 0.337 e. The zero-order valence-electron chi connectivity index (χ0n) is 15.2. The van der Waals surface area contributed by atoms with E-state index in [1.165, 1.54) is 0 Å². The molecule has 2 aromatic carbocycles. The van der Waals surface area contributed by atoms with Crippen molar-refractivity contribution in [3.05, 3.63) is 65.5 Å². The molecule has 134 valence electrons. The molecule has 3 rings (SSSR count). The molecule has 0 saturated heterocycles. The lowest BCUT2D eigenvalue weighted by Gasteiger charge is -2.19. The van der Waals surface area contributed by atoms with Crippen LogP contribution >= 0.6 is 0 Å². The second-order valence-electron chi connectivity index (χ2n) is 6.01. The average molecular weight is 351 g/mol. The highest BCUT2D eigenvalue weighted by atomic mass is 16.5. The summed E-state index contributed by atoms with van der Waals surface area (Å²) in [6, 6.07) is 15.2. The standard InChI is InChI=1S/C21H21NO4/c1-13-12-18(21(23)24)14(2)22(13)20-17(6-5-7-19(20)26-4)15-8-10-16(25-3)11-9-15/h5-12H,1-4H3,(H,23,24). The second kappa shape index (κ2) is 6.96. The van der Waals surface area contributed by atoms with Crippen molar-refractivity contribution in [1.29, 1.82) is 0 Å². The van der Waals surface area contributed by atoms with Gasteiger partial charge >= 0.3 is 5.97 Å². The molecule has 1 N–H and O–H groups in total. The predicted octanol–water partition coefficient (Wildman–Crippen LogP) is 4.48. The summed E-state index contributed by atoms with van der Waals surface area (Å²) in [7, 11) is 3.24. The molecule has 0 fully saturated rings. The summed E-state index contributed by atoms with van der Waals surface area (Å²) in [6.45, 7) is 3.70. The van der Waals surface area contributed by atoms with E-state index in [1.807, 2.05) is 54.0 Å². The van der Waals surface area contributed by atoms with Gasteiger partial charge in [-0.2, -0.15) is 0 Å². The lowest BCUT2D eigenvalue weighted by Crippen LogP contribution is -2.06. The summed E-state index contributed by atoms with van der Waals surface area (Å²) < 4.78 is 12.8. The van der Waals surface area contributed by atoms with Gasteiger partial charge in [0.15, 0.2) is 0 Å². The molecule has 0 amide bonds. The van der Waals surface area contributed by atoms with Gasteiger partial charge < -0.3 is 19.1 Å². The van der Waals surface area contributed by atoms with Gasteiger partial charge in [-0.25, -0.2) is 4.79 Å². The first-order valence-corrected chi connectivity index (χ1v) is 8.22. The molecule has 0 spiro atoms. The van der Waals surface area contributed by atoms with E-state index in [-0.39, 0.29) is 5.56 Å². The summed E-state index contributed by atoms with van der Waals surface area (Å²) in [5.74, 6) is 0.516. The van der Waals surface area contributed by atoms with Crippen molar-refractivity contribution < 1.29 is 19.4 Å². The fourth-order valence-electron chi connectivity index (χ4n) is 3.24. The maximum absolute atomic E-state index is 11.5. The second-order valence-corrected chi connectivity index (χ2v) is 6.01. The van der Waals surface area contributed by atoms with Crippen molar-refractivity contribution in [3.63, 3.8) is 0 Å². The van der Waals surface area contributed by atoms with Crippen LogP contribution in [0.1, 0.15) is 21.7 Å². The smallest absolute Gasteiger partial charge is 0.337 e. The molecular weight excluding hydrogens is 330 g/mol. The molecule has 3 aromatic rings. The van der Waals surface area contributed by atoms with Crippen molar-refractivity contribution in [2.75, 3.05) is 14.2 Å². The van der Waals surface area contributed by atoms with Gasteiger partial charge in [0.05, 0.1) is 25.5 Å². The maximum atomic E-state index is 11.5. The van der Waals surface area contributed by atoms with Crippen LogP contribution in [-0.2, 0) is 0 Å². The summed E-state index contributed by atoms with van der Waals surface area (Å²) >= 11 is 0. The Hall–Kier alpha value is -3.21. The number of hydrogen-bond acceptors (Lipinski definition) is 3. The van der Waals surface area contributed by atoms with E-state index in [9.17, 15) is 9.90 Å². The van der Waals surface area contributed by atoms with E-state index in [2.05, 4.69) is 0 Å². The molecule has 1 heterocycles. The minimum Gasteiger partial charge on any atom is -0.497 e. The summed E-state index contributed by atoms with van der Waals surface area (Å²) in [5.41, 5.74) is 4.54. The third-order valence-electron chi connectivity index (χ3n) is 4.51. The number of aromatic nitrogens is 1. The van der Waals surface area contributed by atoms with Crippen LogP contribution in [0, 0.1) is 13.8 Å². The van der Waals surface area contributed by atoms with Crippen LogP contribution in [0.15, 0.2) is 48.5 Å². The molecule has 0 bridgehead atoms. The SMILES string of the molecule is COc1ccc(-c2cccc(OC)c2-n2c(C)cc(C(=O)O)c2C)cc1. The van der Waals surface area contributed by atoms with Gasteiger partial charge in [-0.3, -0.25) is 0 Å². The highest BCUT2D eigenvalue weighted by Crippen LogP contribution is 2.37. The summed E-state index contributed by atoms with van der Waals surface area (Å²) in [4.78, 5) is 11.5. The minimum absolute atomic E-state index is 0.286.